The van der Waals surface area contributed by atoms with Crippen LogP contribution in [-0.4, -0.2) is 13.0 Å². The zero-order chi connectivity index (χ0) is 10.8. The second kappa shape index (κ2) is 5.46. The highest BCUT2D eigenvalue weighted by molar-refractivity contribution is 5.85. The van der Waals surface area contributed by atoms with Gasteiger partial charge in [-0.3, -0.25) is 0 Å². The molecule has 16 heavy (non-hydrogen) atoms. The Morgan fingerprint density at radius 3 is 2.81 bits per heavy atom. The average Bonchev–Trinajstić information content (AvgIpc) is 2.62. The third kappa shape index (κ3) is 2.83. The van der Waals surface area contributed by atoms with Gasteiger partial charge in [0.2, 0.25) is 6.43 Å². The van der Waals surface area contributed by atoms with E-state index < -0.39 is 12.5 Å². The Kier molecular flexibility index (Phi) is 4.50. The summed E-state index contributed by atoms with van der Waals surface area (Å²) in [6.07, 6.45) is -1.81. The maximum Gasteiger partial charge on any atom is 0.240 e. The van der Waals surface area contributed by atoms with E-state index >= 15 is 0 Å². The highest BCUT2D eigenvalue weighted by Crippen LogP contribution is 2.29. The van der Waals surface area contributed by atoms with E-state index in [1.165, 1.54) is 0 Å². The number of fused-ring (bicyclic) bond motifs is 1. The van der Waals surface area contributed by atoms with Gasteiger partial charge in [-0.15, -0.1) is 12.4 Å². The van der Waals surface area contributed by atoms with E-state index in [0.717, 1.165) is 23.3 Å². The Balaban J connectivity index is 0.00000128. The second-order valence-electron chi connectivity index (χ2n) is 3.70. The van der Waals surface area contributed by atoms with Crippen LogP contribution in [0.25, 0.3) is 0 Å². The third-order valence-corrected chi connectivity index (χ3v) is 2.57. The van der Waals surface area contributed by atoms with E-state index in [1.807, 2.05) is 12.1 Å². The Labute approximate surface area is 99.2 Å². The van der Waals surface area contributed by atoms with E-state index in [0.29, 0.717) is 6.61 Å². The van der Waals surface area contributed by atoms with Crippen LogP contribution < -0.4 is 10.5 Å². The standard InChI is InChI=1S/C11H13F2NO.ClH/c12-11(13)6-9(14)7-1-2-10-8(5-7)3-4-15-10;/h1-2,5,9,11H,3-4,6,14H2;1H/t9-;/m0./s1. The molecule has 0 radical (unpaired) electrons. The molecule has 2 nitrogen and oxygen atoms in total. The summed E-state index contributed by atoms with van der Waals surface area (Å²) in [6, 6.07) is 4.85. The van der Waals surface area contributed by atoms with Crippen molar-refractivity contribution in [2.45, 2.75) is 25.3 Å². The first-order valence-corrected chi connectivity index (χ1v) is 4.96. The molecule has 0 spiro atoms. The zero-order valence-corrected chi connectivity index (χ0v) is 9.47. The molecule has 0 bridgehead atoms. The van der Waals surface area contributed by atoms with Crippen LogP contribution in [0.5, 0.6) is 5.75 Å². The molecule has 0 fully saturated rings. The van der Waals surface area contributed by atoms with Crippen molar-refractivity contribution in [1.29, 1.82) is 0 Å². The van der Waals surface area contributed by atoms with Gasteiger partial charge in [0.1, 0.15) is 5.75 Å². The molecule has 90 valence electrons. The van der Waals surface area contributed by atoms with E-state index in [9.17, 15) is 8.78 Å². The fraction of sp³-hybridized carbons (Fsp3) is 0.455. The molecular weight excluding hydrogens is 236 g/mol. The Morgan fingerprint density at radius 2 is 2.12 bits per heavy atom. The van der Waals surface area contributed by atoms with Gasteiger partial charge in [0.05, 0.1) is 6.61 Å². The van der Waals surface area contributed by atoms with E-state index in [4.69, 9.17) is 10.5 Å². The number of rotatable bonds is 3. The van der Waals surface area contributed by atoms with Gasteiger partial charge in [-0.25, -0.2) is 8.78 Å². The molecule has 1 atom stereocenters. The predicted molar refractivity (Wildman–Crippen MR) is 60.4 cm³/mol. The molecule has 0 aromatic heterocycles. The first-order valence-electron chi connectivity index (χ1n) is 4.96. The lowest BCUT2D eigenvalue weighted by Crippen LogP contribution is -2.14. The summed E-state index contributed by atoms with van der Waals surface area (Å²) >= 11 is 0. The van der Waals surface area contributed by atoms with Gasteiger partial charge in [0.25, 0.3) is 0 Å². The first-order chi connectivity index (χ1) is 7.16. The molecule has 0 unspecified atom stereocenters. The number of nitrogens with two attached hydrogens (primary N) is 1. The van der Waals surface area contributed by atoms with Gasteiger partial charge >= 0.3 is 0 Å². The molecule has 1 aromatic carbocycles. The van der Waals surface area contributed by atoms with Gasteiger partial charge in [-0.2, -0.15) is 0 Å². The number of ether oxygens (including phenoxy) is 1. The van der Waals surface area contributed by atoms with Crippen molar-refractivity contribution in [3.8, 4) is 5.75 Å². The van der Waals surface area contributed by atoms with E-state index in [1.54, 1.807) is 6.07 Å². The largest absolute Gasteiger partial charge is 0.493 e. The molecule has 2 N–H and O–H groups in total. The molecule has 0 saturated carbocycles. The smallest absolute Gasteiger partial charge is 0.240 e. The lowest BCUT2D eigenvalue weighted by molar-refractivity contribution is 0.128. The fourth-order valence-electron chi connectivity index (χ4n) is 1.77. The summed E-state index contributed by atoms with van der Waals surface area (Å²) in [4.78, 5) is 0. The van der Waals surface area contributed by atoms with Crippen LogP contribution in [0.15, 0.2) is 18.2 Å². The summed E-state index contributed by atoms with van der Waals surface area (Å²) < 4.78 is 29.6. The second-order valence-corrected chi connectivity index (χ2v) is 3.70. The van der Waals surface area contributed by atoms with Crippen LogP contribution in [0.2, 0.25) is 0 Å². The highest BCUT2D eigenvalue weighted by atomic mass is 35.5. The number of hydrogen-bond donors (Lipinski definition) is 1. The zero-order valence-electron chi connectivity index (χ0n) is 8.66. The summed E-state index contributed by atoms with van der Waals surface area (Å²) in [5.41, 5.74) is 7.50. The molecule has 2 rings (SSSR count). The third-order valence-electron chi connectivity index (χ3n) is 2.57. The molecule has 1 heterocycles. The quantitative estimate of drug-likeness (QED) is 0.894. The first kappa shape index (κ1) is 13.2. The molecule has 0 saturated heterocycles. The van der Waals surface area contributed by atoms with Crippen LogP contribution in [0, 0.1) is 0 Å². The van der Waals surface area contributed by atoms with Crippen LogP contribution >= 0.6 is 12.4 Å². The molecule has 0 amide bonds. The molecular formula is C11H14ClF2NO. The maximum atomic E-state index is 12.1. The molecule has 1 aliphatic heterocycles. The van der Waals surface area contributed by atoms with Crippen molar-refractivity contribution in [2.75, 3.05) is 6.61 Å². The minimum atomic E-state index is -2.36. The Hall–Kier alpha value is -0.870. The van der Waals surface area contributed by atoms with Crippen molar-refractivity contribution in [2.24, 2.45) is 5.73 Å². The van der Waals surface area contributed by atoms with Gasteiger partial charge in [0, 0.05) is 18.9 Å². The van der Waals surface area contributed by atoms with Gasteiger partial charge in [-0.05, 0) is 17.2 Å². The van der Waals surface area contributed by atoms with Crippen LogP contribution in [0.1, 0.15) is 23.6 Å². The number of alkyl halides is 2. The van der Waals surface area contributed by atoms with Crippen LogP contribution in [-0.2, 0) is 6.42 Å². The van der Waals surface area contributed by atoms with E-state index in [2.05, 4.69) is 0 Å². The summed E-state index contributed by atoms with van der Waals surface area (Å²) in [5.74, 6) is 0.850. The Bertz CT molecular complexity index is 360. The topological polar surface area (TPSA) is 35.2 Å². The fourth-order valence-corrected chi connectivity index (χ4v) is 1.77. The highest BCUT2D eigenvalue weighted by Gasteiger charge is 2.17. The van der Waals surface area contributed by atoms with Crippen molar-refractivity contribution in [1.82, 2.24) is 0 Å². The van der Waals surface area contributed by atoms with E-state index in [-0.39, 0.29) is 18.8 Å². The molecule has 5 heteroatoms. The van der Waals surface area contributed by atoms with Crippen molar-refractivity contribution < 1.29 is 13.5 Å². The molecule has 1 aromatic rings. The lowest BCUT2D eigenvalue weighted by atomic mass is 10.0. The van der Waals surface area contributed by atoms with Crippen molar-refractivity contribution in [3.05, 3.63) is 29.3 Å². The number of halogens is 3. The van der Waals surface area contributed by atoms with Gasteiger partial charge in [-0.1, -0.05) is 12.1 Å². The van der Waals surface area contributed by atoms with Gasteiger partial charge in [0.15, 0.2) is 0 Å². The predicted octanol–water partition coefficient (Wildman–Crippen LogP) is 2.70. The monoisotopic (exact) mass is 249 g/mol. The summed E-state index contributed by atoms with van der Waals surface area (Å²) in [5, 5.41) is 0. The average molecular weight is 250 g/mol. The minimum absolute atomic E-state index is 0. The molecule has 0 aliphatic carbocycles. The SMILES string of the molecule is Cl.N[C@@H](CC(F)F)c1ccc2c(c1)CCO2. The number of benzene rings is 1. The summed E-state index contributed by atoms with van der Waals surface area (Å²) in [7, 11) is 0. The van der Waals surface area contributed by atoms with Crippen molar-refractivity contribution >= 4 is 12.4 Å². The van der Waals surface area contributed by atoms with Crippen LogP contribution in [0.3, 0.4) is 0 Å². The lowest BCUT2D eigenvalue weighted by Gasteiger charge is -2.12. The normalized spacial score (nSPS) is 15.2. The summed E-state index contributed by atoms with van der Waals surface area (Å²) in [6.45, 7) is 0.670. The maximum absolute atomic E-state index is 12.1. The number of hydrogen-bond acceptors (Lipinski definition) is 2. The van der Waals surface area contributed by atoms with Gasteiger partial charge < -0.3 is 10.5 Å². The minimum Gasteiger partial charge on any atom is -0.493 e. The Morgan fingerprint density at radius 1 is 1.38 bits per heavy atom. The van der Waals surface area contributed by atoms with Crippen LogP contribution in [0.4, 0.5) is 8.78 Å². The molecule has 1 aliphatic rings. The van der Waals surface area contributed by atoms with Crippen molar-refractivity contribution in [3.63, 3.8) is 0 Å².